The van der Waals surface area contributed by atoms with Gasteiger partial charge >= 0.3 is 0 Å². The predicted octanol–water partition coefficient (Wildman–Crippen LogP) is 2.19. The fourth-order valence-corrected chi connectivity index (χ4v) is 3.02. The van der Waals surface area contributed by atoms with Gasteiger partial charge in [0.25, 0.3) is 5.69 Å². The molecule has 1 atom stereocenters. The lowest BCUT2D eigenvalue weighted by molar-refractivity contribution is -0.384. The third-order valence-electron chi connectivity index (χ3n) is 4.41. The number of nitrogens with one attached hydrogen (secondary N) is 1. The number of non-ortho nitro benzene ring substituents is 1. The Kier molecular flexibility index (Phi) is 4.92. The molecule has 2 aromatic rings. The Bertz CT molecular complexity index is 728. The van der Waals surface area contributed by atoms with Crippen LogP contribution in [0, 0.1) is 10.1 Å². The van der Waals surface area contributed by atoms with Crippen LogP contribution in [-0.4, -0.2) is 65.5 Å². The van der Waals surface area contributed by atoms with Crippen molar-refractivity contribution in [1.82, 2.24) is 14.8 Å². The minimum atomic E-state index is -0.385. The smallest absolute Gasteiger partial charge is 0.270 e. The first-order chi connectivity index (χ1) is 11.5. The van der Waals surface area contributed by atoms with E-state index in [1.54, 1.807) is 12.1 Å². The molecule has 1 aliphatic heterocycles. The fourth-order valence-electron chi connectivity index (χ4n) is 3.02. The van der Waals surface area contributed by atoms with Crippen molar-refractivity contribution >= 4 is 22.4 Å². The number of hydrogen-bond donors (Lipinski definition) is 1. The first kappa shape index (κ1) is 16.6. The lowest BCUT2D eigenvalue weighted by atomic mass is 10.2. The molecule has 1 aromatic carbocycles. The molecular weight excluding hydrogens is 306 g/mol. The van der Waals surface area contributed by atoms with Gasteiger partial charge in [0.05, 0.1) is 10.4 Å². The number of fused-ring (bicyclic) bond motifs is 1. The summed E-state index contributed by atoms with van der Waals surface area (Å²) in [5.41, 5.74) is 0.853. The van der Waals surface area contributed by atoms with E-state index in [4.69, 9.17) is 0 Å². The summed E-state index contributed by atoms with van der Waals surface area (Å²) in [6, 6.07) is 8.79. The molecular formula is C17H23N5O2. The minimum Gasteiger partial charge on any atom is -0.366 e. The van der Waals surface area contributed by atoms with Crippen LogP contribution in [0.1, 0.15) is 6.92 Å². The molecule has 1 aromatic heterocycles. The normalized spacial score (nSPS) is 17.8. The van der Waals surface area contributed by atoms with Crippen molar-refractivity contribution < 1.29 is 4.92 Å². The molecule has 2 heterocycles. The van der Waals surface area contributed by atoms with Crippen molar-refractivity contribution in [2.45, 2.75) is 13.0 Å². The molecule has 3 rings (SSSR count). The summed E-state index contributed by atoms with van der Waals surface area (Å²) >= 11 is 0. The van der Waals surface area contributed by atoms with E-state index in [-0.39, 0.29) is 16.7 Å². The number of likely N-dealkylation sites (N-methyl/N-ethyl adjacent to an activating group) is 1. The molecule has 7 heteroatoms. The molecule has 1 fully saturated rings. The van der Waals surface area contributed by atoms with Crippen LogP contribution >= 0.6 is 0 Å². The number of piperazine rings is 1. The Balaban J connectivity index is 1.64. The number of anilines is 1. The van der Waals surface area contributed by atoms with Crippen molar-refractivity contribution in [2.75, 3.05) is 45.1 Å². The number of nitrogens with zero attached hydrogens (tertiary/aromatic N) is 4. The monoisotopic (exact) mass is 329 g/mol. The van der Waals surface area contributed by atoms with Gasteiger partial charge in [0.2, 0.25) is 0 Å². The summed E-state index contributed by atoms with van der Waals surface area (Å²) in [7, 11) is 2.16. The van der Waals surface area contributed by atoms with Gasteiger partial charge in [0.15, 0.2) is 0 Å². The van der Waals surface area contributed by atoms with Crippen LogP contribution < -0.4 is 5.32 Å². The van der Waals surface area contributed by atoms with Crippen molar-refractivity contribution in [3.05, 3.63) is 40.4 Å². The van der Waals surface area contributed by atoms with E-state index in [0.717, 1.165) is 49.4 Å². The molecule has 0 aliphatic carbocycles. The standard InChI is InChI=1S/C17H23N5O2/c1-13(12-21-9-7-20(2)8-10-21)18-17-6-3-14-11-15(22(23)24)4-5-16(14)19-17/h3-6,11,13H,7-10,12H2,1-2H3,(H,18,19). The lowest BCUT2D eigenvalue weighted by Crippen LogP contribution is -2.47. The van der Waals surface area contributed by atoms with Crippen LogP contribution in [0.2, 0.25) is 0 Å². The van der Waals surface area contributed by atoms with Crippen molar-refractivity contribution in [2.24, 2.45) is 0 Å². The van der Waals surface area contributed by atoms with Gasteiger partial charge in [-0.2, -0.15) is 0 Å². The summed E-state index contributed by atoms with van der Waals surface area (Å²) in [5, 5.41) is 15.0. The van der Waals surface area contributed by atoms with Crippen LogP contribution in [0.3, 0.4) is 0 Å². The van der Waals surface area contributed by atoms with Gasteiger partial charge in [-0.15, -0.1) is 0 Å². The molecule has 0 bridgehead atoms. The maximum absolute atomic E-state index is 10.8. The third kappa shape index (κ3) is 3.98. The van der Waals surface area contributed by atoms with E-state index in [0.29, 0.717) is 0 Å². The van der Waals surface area contributed by atoms with Gasteiger partial charge < -0.3 is 10.2 Å². The average molecular weight is 329 g/mol. The van der Waals surface area contributed by atoms with Gasteiger partial charge in [0, 0.05) is 56.3 Å². The van der Waals surface area contributed by atoms with E-state index in [2.05, 4.69) is 34.1 Å². The number of benzene rings is 1. The molecule has 1 unspecified atom stereocenters. The van der Waals surface area contributed by atoms with Gasteiger partial charge in [0.1, 0.15) is 5.82 Å². The van der Waals surface area contributed by atoms with Crippen LogP contribution in [0.25, 0.3) is 10.9 Å². The molecule has 0 spiro atoms. The molecule has 0 radical (unpaired) electrons. The Morgan fingerprint density at radius 3 is 2.71 bits per heavy atom. The zero-order valence-electron chi connectivity index (χ0n) is 14.1. The van der Waals surface area contributed by atoms with Gasteiger partial charge in [-0.25, -0.2) is 4.98 Å². The number of pyridine rings is 1. The summed E-state index contributed by atoms with van der Waals surface area (Å²) in [6.45, 7) is 7.54. The largest absolute Gasteiger partial charge is 0.366 e. The summed E-state index contributed by atoms with van der Waals surface area (Å²) in [5.74, 6) is 0.804. The highest BCUT2D eigenvalue weighted by Crippen LogP contribution is 2.21. The van der Waals surface area contributed by atoms with Gasteiger partial charge in [-0.05, 0) is 32.2 Å². The Morgan fingerprint density at radius 2 is 2.00 bits per heavy atom. The van der Waals surface area contributed by atoms with Gasteiger partial charge in [-0.3, -0.25) is 15.0 Å². The van der Waals surface area contributed by atoms with Crippen molar-refractivity contribution in [3.8, 4) is 0 Å². The maximum Gasteiger partial charge on any atom is 0.270 e. The van der Waals surface area contributed by atoms with Crippen LogP contribution in [0.5, 0.6) is 0 Å². The minimum absolute atomic E-state index is 0.0912. The molecule has 24 heavy (non-hydrogen) atoms. The number of nitro benzene ring substituents is 1. The first-order valence-electron chi connectivity index (χ1n) is 8.24. The average Bonchev–Trinajstić information content (AvgIpc) is 2.56. The molecule has 1 N–H and O–H groups in total. The first-order valence-corrected chi connectivity index (χ1v) is 8.24. The van der Waals surface area contributed by atoms with E-state index in [1.807, 2.05) is 12.1 Å². The van der Waals surface area contributed by atoms with E-state index in [1.165, 1.54) is 6.07 Å². The predicted molar refractivity (Wildman–Crippen MR) is 95.4 cm³/mol. The summed E-state index contributed by atoms with van der Waals surface area (Å²) < 4.78 is 0. The SMILES string of the molecule is CC(CN1CCN(C)CC1)Nc1ccc2cc([N+](=O)[O-])ccc2n1. The second-order valence-corrected chi connectivity index (χ2v) is 6.48. The van der Waals surface area contributed by atoms with Crippen LogP contribution in [-0.2, 0) is 0 Å². The highest BCUT2D eigenvalue weighted by molar-refractivity contribution is 5.82. The molecule has 0 saturated carbocycles. The van der Waals surface area contributed by atoms with Crippen LogP contribution in [0.4, 0.5) is 11.5 Å². The third-order valence-corrected chi connectivity index (χ3v) is 4.41. The van der Waals surface area contributed by atoms with Crippen LogP contribution in [0.15, 0.2) is 30.3 Å². The number of hydrogen-bond acceptors (Lipinski definition) is 6. The second kappa shape index (κ2) is 7.11. The Morgan fingerprint density at radius 1 is 1.25 bits per heavy atom. The Hall–Kier alpha value is -2.25. The molecule has 128 valence electrons. The highest BCUT2D eigenvalue weighted by Gasteiger charge is 2.16. The summed E-state index contributed by atoms with van der Waals surface area (Å²) in [4.78, 5) is 19.8. The fraction of sp³-hybridized carbons (Fsp3) is 0.471. The zero-order chi connectivity index (χ0) is 17.1. The molecule has 1 aliphatic rings. The van der Waals surface area contributed by atoms with E-state index in [9.17, 15) is 10.1 Å². The number of nitro groups is 1. The van der Waals surface area contributed by atoms with E-state index < -0.39 is 0 Å². The highest BCUT2D eigenvalue weighted by atomic mass is 16.6. The molecule has 7 nitrogen and oxygen atoms in total. The zero-order valence-corrected chi connectivity index (χ0v) is 14.1. The van der Waals surface area contributed by atoms with Gasteiger partial charge in [-0.1, -0.05) is 0 Å². The molecule has 1 saturated heterocycles. The molecule has 0 amide bonds. The second-order valence-electron chi connectivity index (χ2n) is 6.48. The lowest BCUT2D eigenvalue weighted by Gasteiger charge is -2.34. The van der Waals surface area contributed by atoms with Crippen molar-refractivity contribution in [1.29, 1.82) is 0 Å². The van der Waals surface area contributed by atoms with Crippen molar-refractivity contribution in [3.63, 3.8) is 0 Å². The number of aromatic nitrogens is 1. The summed E-state index contributed by atoms with van der Waals surface area (Å²) in [6.07, 6.45) is 0. The Labute approximate surface area is 141 Å². The van der Waals surface area contributed by atoms with E-state index >= 15 is 0 Å². The quantitative estimate of drug-likeness (QED) is 0.669. The number of rotatable bonds is 5. The topological polar surface area (TPSA) is 74.5 Å². The maximum atomic E-state index is 10.8.